The molecule has 2 saturated heterocycles. The smallest absolute Gasteiger partial charge is 0.315 e. The lowest BCUT2D eigenvalue weighted by Gasteiger charge is -2.18. The van der Waals surface area contributed by atoms with Crippen molar-refractivity contribution >= 4 is 12.0 Å². The molecule has 0 saturated carbocycles. The van der Waals surface area contributed by atoms with Crippen molar-refractivity contribution in [3.8, 4) is 17.0 Å². The molecule has 0 spiro atoms. The lowest BCUT2D eigenvalue weighted by molar-refractivity contribution is 0.0682. The number of anilines is 1. The maximum atomic E-state index is 11.9. The van der Waals surface area contributed by atoms with Gasteiger partial charge in [-0.25, -0.2) is 14.8 Å². The fourth-order valence-electron chi connectivity index (χ4n) is 3.73. The van der Waals surface area contributed by atoms with Gasteiger partial charge in [0, 0.05) is 18.3 Å². The Morgan fingerprint density at radius 2 is 2.00 bits per heavy atom. The van der Waals surface area contributed by atoms with Crippen molar-refractivity contribution in [1.29, 1.82) is 0 Å². The predicted molar refractivity (Wildman–Crippen MR) is 111 cm³/mol. The molecule has 0 unspecified atom stereocenters. The molecule has 3 heterocycles. The first-order chi connectivity index (χ1) is 14.7. The minimum absolute atomic E-state index is 0.119. The number of fused-ring (bicyclic) bond motifs is 1. The van der Waals surface area contributed by atoms with Gasteiger partial charge < -0.3 is 30.2 Å². The number of carbonyl (C=O) groups excluding carboxylic acids is 1. The minimum Gasteiger partial charge on any atom is -0.496 e. The van der Waals surface area contributed by atoms with Gasteiger partial charge in [-0.3, -0.25) is 0 Å². The Morgan fingerprint density at radius 1 is 1.23 bits per heavy atom. The monoisotopic (exact) mass is 411 g/mol. The van der Waals surface area contributed by atoms with Crippen LogP contribution in [0, 0.1) is 0 Å². The van der Waals surface area contributed by atoms with E-state index in [2.05, 4.69) is 32.5 Å². The summed E-state index contributed by atoms with van der Waals surface area (Å²) in [6, 6.07) is 8.93. The summed E-state index contributed by atoms with van der Waals surface area (Å²) in [6.07, 6.45) is 2.90. The molecule has 0 bridgehead atoms. The van der Waals surface area contributed by atoms with Gasteiger partial charge in [0.2, 0.25) is 5.95 Å². The molecule has 1 aromatic heterocycles. The van der Waals surface area contributed by atoms with E-state index in [1.807, 2.05) is 30.3 Å². The second-order valence-corrected chi connectivity index (χ2v) is 7.06. The van der Waals surface area contributed by atoms with Crippen molar-refractivity contribution in [3.05, 3.63) is 49.2 Å². The Kier molecular flexibility index (Phi) is 6.10. The van der Waals surface area contributed by atoms with Crippen LogP contribution < -0.4 is 20.7 Å². The van der Waals surface area contributed by atoms with Gasteiger partial charge in [0.05, 0.1) is 38.1 Å². The first kappa shape index (κ1) is 20.1. The summed E-state index contributed by atoms with van der Waals surface area (Å²) < 4.78 is 17.2. The number of nitrogens with zero attached hydrogens (tertiary/aromatic N) is 2. The van der Waals surface area contributed by atoms with Gasteiger partial charge in [-0.1, -0.05) is 18.2 Å². The van der Waals surface area contributed by atoms with E-state index < -0.39 is 0 Å². The molecule has 0 radical (unpaired) electrons. The molecule has 9 heteroatoms. The highest BCUT2D eigenvalue weighted by Gasteiger charge is 2.48. The summed E-state index contributed by atoms with van der Waals surface area (Å²) in [4.78, 5) is 20.9. The molecule has 2 fully saturated rings. The highest BCUT2D eigenvalue weighted by atomic mass is 16.6. The first-order valence-electron chi connectivity index (χ1n) is 9.81. The Bertz CT molecular complexity index is 908. The van der Waals surface area contributed by atoms with Crippen LogP contribution in [0.3, 0.4) is 0 Å². The van der Waals surface area contributed by atoms with E-state index >= 15 is 0 Å². The van der Waals surface area contributed by atoms with Gasteiger partial charge in [0.15, 0.2) is 0 Å². The molecule has 1 aromatic carbocycles. The minimum atomic E-state index is -0.267. The number of para-hydroxylation sites is 1. The summed E-state index contributed by atoms with van der Waals surface area (Å²) in [5, 5.41) is 8.90. The third-order valence-electron chi connectivity index (χ3n) is 5.13. The molecule has 2 amide bonds. The number of amides is 2. The number of carbonyl (C=O) groups is 1. The molecule has 2 aliphatic heterocycles. The predicted octanol–water partition coefficient (Wildman–Crippen LogP) is 1.58. The van der Waals surface area contributed by atoms with Crippen molar-refractivity contribution in [2.75, 3.05) is 32.2 Å². The van der Waals surface area contributed by atoms with Crippen LogP contribution in [0.5, 0.6) is 5.75 Å². The van der Waals surface area contributed by atoms with Crippen LogP contribution in [-0.2, 0) is 9.47 Å². The lowest BCUT2D eigenvalue weighted by atomic mass is 10.1. The molecule has 4 rings (SSSR count). The standard InChI is InChI=1S/C21H25N5O4/c1-3-9-23-21(27)26-16-12-30-18-15(11-29-19(16)18)25-20-22-10-8-14(24-20)13-6-4-5-7-17(13)28-2/h3-8,10,15-16,18-19H,1,9,11-12H2,2H3,(H,22,24,25)(H2,23,26,27)/t15-,16-,18+,19+/m0/s1. The average molecular weight is 411 g/mol. The van der Waals surface area contributed by atoms with E-state index in [1.54, 1.807) is 19.4 Å². The van der Waals surface area contributed by atoms with E-state index in [0.29, 0.717) is 25.7 Å². The summed E-state index contributed by atoms with van der Waals surface area (Å²) in [5.74, 6) is 1.23. The van der Waals surface area contributed by atoms with Gasteiger partial charge in [0.25, 0.3) is 0 Å². The van der Waals surface area contributed by atoms with Crippen LogP contribution >= 0.6 is 0 Å². The van der Waals surface area contributed by atoms with E-state index in [9.17, 15) is 4.79 Å². The normalized spacial score (nSPS) is 24.7. The summed E-state index contributed by atoms with van der Waals surface area (Å²) in [5.41, 5.74) is 1.64. The van der Waals surface area contributed by atoms with Crippen LogP contribution in [0.25, 0.3) is 11.3 Å². The van der Waals surface area contributed by atoms with Gasteiger partial charge in [-0.15, -0.1) is 6.58 Å². The topological polar surface area (TPSA) is 107 Å². The van der Waals surface area contributed by atoms with E-state index in [0.717, 1.165) is 17.0 Å². The zero-order valence-electron chi connectivity index (χ0n) is 16.7. The Morgan fingerprint density at radius 3 is 2.80 bits per heavy atom. The maximum absolute atomic E-state index is 11.9. The molecule has 3 N–H and O–H groups in total. The van der Waals surface area contributed by atoms with Gasteiger partial charge in [-0.05, 0) is 18.2 Å². The van der Waals surface area contributed by atoms with Crippen LogP contribution in [0.2, 0.25) is 0 Å². The number of urea groups is 1. The summed E-state index contributed by atoms with van der Waals surface area (Å²) in [6.45, 7) is 4.81. The zero-order chi connectivity index (χ0) is 20.9. The number of aromatic nitrogens is 2. The first-order valence-corrected chi connectivity index (χ1v) is 9.81. The van der Waals surface area contributed by atoms with E-state index in [-0.39, 0.29) is 30.3 Å². The van der Waals surface area contributed by atoms with E-state index in [1.165, 1.54) is 0 Å². The van der Waals surface area contributed by atoms with Gasteiger partial charge in [0.1, 0.15) is 18.0 Å². The SMILES string of the molecule is C=CCNC(=O)N[C@H]1CO[C@H]2[C@@H]1OC[C@@H]2Nc1nccc(-c2ccccc2OC)n1. The highest BCUT2D eigenvalue weighted by Crippen LogP contribution is 2.30. The average Bonchev–Trinajstić information content (AvgIpc) is 3.36. The summed E-state index contributed by atoms with van der Waals surface area (Å²) in [7, 11) is 1.63. The van der Waals surface area contributed by atoms with E-state index in [4.69, 9.17) is 14.2 Å². The quantitative estimate of drug-likeness (QED) is 0.594. The van der Waals surface area contributed by atoms with Crippen molar-refractivity contribution in [2.45, 2.75) is 24.3 Å². The molecular weight excluding hydrogens is 386 g/mol. The molecule has 158 valence electrons. The molecule has 4 atom stereocenters. The Hall–Kier alpha value is -3.17. The highest BCUT2D eigenvalue weighted by molar-refractivity contribution is 5.74. The van der Waals surface area contributed by atoms with Crippen molar-refractivity contribution < 1.29 is 19.0 Å². The summed E-state index contributed by atoms with van der Waals surface area (Å²) >= 11 is 0. The van der Waals surface area contributed by atoms with Crippen molar-refractivity contribution in [1.82, 2.24) is 20.6 Å². The number of ether oxygens (including phenoxy) is 3. The Balaban J connectivity index is 1.41. The van der Waals surface area contributed by atoms with Crippen LogP contribution in [0.1, 0.15) is 0 Å². The molecule has 9 nitrogen and oxygen atoms in total. The number of benzene rings is 1. The number of hydrogen-bond donors (Lipinski definition) is 3. The van der Waals surface area contributed by atoms with Crippen molar-refractivity contribution in [3.63, 3.8) is 0 Å². The fourth-order valence-corrected chi connectivity index (χ4v) is 3.73. The second kappa shape index (κ2) is 9.10. The number of rotatable bonds is 7. The van der Waals surface area contributed by atoms with Gasteiger partial charge >= 0.3 is 6.03 Å². The number of methoxy groups -OCH3 is 1. The molecule has 2 aromatic rings. The van der Waals surface area contributed by atoms with Crippen LogP contribution in [0.4, 0.5) is 10.7 Å². The third-order valence-corrected chi connectivity index (χ3v) is 5.13. The lowest BCUT2D eigenvalue weighted by Crippen LogP contribution is -2.48. The number of hydrogen-bond acceptors (Lipinski definition) is 7. The largest absolute Gasteiger partial charge is 0.496 e. The van der Waals surface area contributed by atoms with Crippen LogP contribution in [0.15, 0.2) is 49.2 Å². The molecule has 0 aliphatic carbocycles. The molecule has 2 aliphatic rings. The second-order valence-electron chi connectivity index (χ2n) is 7.06. The van der Waals surface area contributed by atoms with Crippen molar-refractivity contribution in [2.24, 2.45) is 0 Å². The third kappa shape index (κ3) is 4.22. The zero-order valence-corrected chi connectivity index (χ0v) is 16.7. The number of nitrogens with one attached hydrogen (secondary N) is 3. The fraction of sp³-hybridized carbons (Fsp3) is 0.381. The Labute approximate surface area is 174 Å². The maximum Gasteiger partial charge on any atom is 0.315 e. The molecular formula is C21H25N5O4. The van der Waals surface area contributed by atoms with Crippen LogP contribution in [-0.4, -0.2) is 67.2 Å². The molecule has 30 heavy (non-hydrogen) atoms. The van der Waals surface area contributed by atoms with Gasteiger partial charge in [-0.2, -0.15) is 0 Å².